The number of nitrogens with zero attached hydrogens (tertiary/aromatic N) is 2. The predicted molar refractivity (Wildman–Crippen MR) is 79.2 cm³/mol. The number of ether oxygens (including phenoxy) is 2. The molecule has 0 aliphatic heterocycles. The summed E-state index contributed by atoms with van der Waals surface area (Å²) in [5, 5.41) is 2.63. The number of hydrogen-bond acceptors (Lipinski definition) is 6. The van der Waals surface area contributed by atoms with Crippen LogP contribution in [-0.2, 0) is 4.74 Å². The summed E-state index contributed by atoms with van der Waals surface area (Å²) in [5.74, 6) is -0.952. The van der Waals surface area contributed by atoms with Gasteiger partial charge in [0.05, 0.1) is 19.9 Å². The van der Waals surface area contributed by atoms with Crippen molar-refractivity contribution in [1.29, 1.82) is 0 Å². The van der Waals surface area contributed by atoms with Crippen LogP contribution in [0.25, 0.3) is 0 Å². The van der Waals surface area contributed by atoms with Gasteiger partial charge in [-0.05, 0) is 36.7 Å². The van der Waals surface area contributed by atoms with Crippen LogP contribution in [0.15, 0.2) is 24.4 Å². The lowest BCUT2D eigenvalue weighted by molar-refractivity contribution is 0.0523. The van der Waals surface area contributed by atoms with Crippen molar-refractivity contribution >= 4 is 29.1 Å². The van der Waals surface area contributed by atoms with E-state index in [-0.39, 0.29) is 23.3 Å². The minimum atomic E-state index is -0.669. The third-order valence-electron chi connectivity index (χ3n) is 2.67. The molecule has 1 aromatic heterocycles. The zero-order valence-corrected chi connectivity index (χ0v) is 12.6. The topological polar surface area (TPSA) is 73.3 Å². The summed E-state index contributed by atoms with van der Waals surface area (Å²) in [6.07, 6.45) is 0.952. The molecule has 2 rings (SSSR count). The standard InChI is InChI=1S/C14H13ClFN3O3/c1-3-22-13(20)9-6-8(4-5-11(9)21-2)18-12-10(16)7-17-14(15)19-12/h4-7H,3H2,1-2H3,(H,17,18,19). The van der Waals surface area contributed by atoms with Crippen molar-refractivity contribution in [2.45, 2.75) is 6.92 Å². The minimum Gasteiger partial charge on any atom is -0.496 e. The molecule has 0 bridgehead atoms. The lowest BCUT2D eigenvalue weighted by Crippen LogP contribution is -2.08. The Balaban J connectivity index is 2.34. The number of halogens is 2. The summed E-state index contributed by atoms with van der Waals surface area (Å²) in [5.41, 5.74) is 0.646. The summed E-state index contributed by atoms with van der Waals surface area (Å²) in [6.45, 7) is 1.93. The number of methoxy groups -OCH3 is 1. The highest BCUT2D eigenvalue weighted by molar-refractivity contribution is 6.28. The highest BCUT2D eigenvalue weighted by Gasteiger charge is 2.15. The molecule has 6 nitrogen and oxygen atoms in total. The number of aromatic nitrogens is 2. The van der Waals surface area contributed by atoms with E-state index >= 15 is 0 Å². The van der Waals surface area contributed by atoms with Crippen LogP contribution in [0.3, 0.4) is 0 Å². The molecule has 0 saturated heterocycles. The molecule has 1 heterocycles. The van der Waals surface area contributed by atoms with Crippen molar-refractivity contribution in [3.8, 4) is 5.75 Å². The van der Waals surface area contributed by atoms with E-state index in [0.29, 0.717) is 11.4 Å². The first-order valence-corrected chi connectivity index (χ1v) is 6.73. The van der Waals surface area contributed by atoms with E-state index < -0.39 is 11.8 Å². The zero-order chi connectivity index (χ0) is 16.1. The van der Waals surface area contributed by atoms with E-state index in [1.165, 1.54) is 13.2 Å². The largest absolute Gasteiger partial charge is 0.496 e. The van der Waals surface area contributed by atoms with Gasteiger partial charge in [-0.2, -0.15) is 4.98 Å². The maximum Gasteiger partial charge on any atom is 0.341 e. The van der Waals surface area contributed by atoms with Crippen LogP contribution in [0.2, 0.25) is 5.28 Å². The second-order valence-electron chi connectivity index (χ2n) is 4.10. The molecule has 0 saturated carbocycles. The number of nitrogens with one attached hydrogen (secondary N) is 1. The maximum absolute atomic E-state index is 13.6. The molecule has 0 amide bonds. The quantitative estimate of drug-likeness (QED) is 0.672. The van der Waals surface area contributed by atoms with Crippen molar-refractivity contribution in [3.05, 3.63) is 41.1 Å². The van der Waals surface area contributed by atoms with Crippen LogP contribution in [-0.4, -0.2) is 29.7 Å². The summed E-state index contributed by atoms with van der Waals surface area (Å²) < 4.78 is 23.7. The average Bonchev–Trinajstić information content (AvgIpc) is 2.51. The molecular weight excluding hydrogens is 313 g/mol. The molecule has 1 aromatic carbocycles. The Kier molecular flexibility index (Phi) is 5.11. The van der Waals surface area contributed by atoms with Gasteiger partial charge in [0.25, 0.3) is 0 Å². The van der Waals surface area contributed by atoms with E-state index in [4.69, 9.17) is 21.1 Å². The Morgan fingerprint density at radius 1 is 1.45 bits per heavy atom. The maximum atomic E-state index is 13.6. The van der Waals surface area contributed by atoms with Crippen LogP contribution < -0.4 is 10.1 Å². The number of rotatable bonds is 5. The van der Waals surface area contributed by atoms with Gasteiger partial charge in [-0.3, -0.25) is 0 Å². The minimum absolute atomic E-state index is 0.0944. The zero-order valence-electron chi connectivity index (χ0n) is 11.9. The Labute approximate surface area is 131 Å². The fourth-order valence-corrected chi connectivity index (χ4v) is 1.86. The Morgan fingerprint density at radius 2 is 2.23 bits per heavy atom. The Hall–Kier alpha value is -2.41. The summed E-state index contributed by atoms with van der Waals surface area (Å²) >= 11 is 5.63. The van der Waals surface area contributed by atoms with Crippen LogP contribution in [0, 0.1) is 5.82 Å². The summed E-state index contributed by atoms with van der Waals surface area (Å²) in [7, 11) is 1.44. The molecule has 0 spiro atoms. The Morgan fingerprint density at radius 3 is 2.91 bits per heavy atom. The van der Waals surface area contributed by atoms with Gasteiger partial charge in [-0.1, -0.05) is 0 Å². The molecule has 0 radical (unpaired) electrons. The molecule has 0 unspecified atom stereocenters. The molecule has 116 valence electrons. The number of carbonyl (C=O) groups excluding carboxylic acids is 1. The lowest BCUT2D eigenvalue weighted by atomic mass is 10.1. The molecule has 1 N–H and O–H groups in total. The SMILES string of the molecule is CCOC(=O)c1cc(Nc2nc(Cl)ncc2F)ccc1OC. The molecule has 2 aromatic rings. The number of hydrogen-bond donors (Lipinski definition) is 1. The fourth-order valence-electron chi connectivity index (χ4n) is 1.72. The van der Waals surface area contributed by atoms with Gasteiger partial charge in [0.2, 0.25) is 5.28 Å². The van der Waals surface area contributed by atoms with Gasteiger partial charge in [-0.15, -0.1) is 0 Å². The number of esters is 1. The average molecular weight is 326 g/mol. The van der Waals surface area contributed by atoms with E-state index in [1.54, 1.807) is 19.1 Å². The number of benzene rings is 1. The Bertz CT molecular complexity index is 697. The van der Waals surface area contributed by atoms with Crippen LogP contribution in [0.5, 0.6) is 5.75 Å². The third kappa shape index (κ3) is 3.62. The van der Waals surface area contributed by atoms with Gasteiger partial charge in [0.1, 0.15) is 11.3 Å². The molecule has 0 fully saturated rings. The van der Waals surface area contributed by atoms with Crippen molar-refractivity contribution in [2.75, 3.05) is 19.0 Å². The van der Waals surface area contributed by atoms with Gasteiger partial charge < -0.3 is 14.8 Å². The second-order valence-corrected chi connectivity index (χ2v) is 4.43. The van der Waals surface area contributed by atoms with Crippen LogP contribution in [0.4, 0.5) is 15.9 Å². The molecule has 22 heavy (non-hydrogen) atoms. The molecule has 0 aliphatic rings. The van der Waals surface area contributed by atoms with E-state index in [0.717, 1.165) is 6.20 Å². The summed E-state index contributed by atoms with van der Waals surface area (Å²) in [4.78, 5) is 19.2. The van der Waals surface area contributed by atoms with E-state index in [2.05, 4.69) is 15.3 Å². The van der Waals surface area contributed by atoms with Crippen LogP contribution >= 0.6 is 11.6 Å². The van der Waals surface area contributed by atoms with Crippen molar-refractivity contribution in [2.24, 2.45) is 0 Å². The first-order chi connectivity index (χ1) is 10.5. The van der Waals surface area contributed by atoms with Crippen molar-refractivity contribution < 1.29 is 18.7 Å². The van der Waals surface area contributed by atoms with Gasteiger partial charge >= 0.3 is 5.97 Å². The van der Waals surface area contributed by atoms with E-state index in [1.807, 2.05) is 0 Å². The highest BCUT2D eigenvalue weighted by atomic mass is 35.5. The lowest BCUT2D eigenvalue weighted by Gasteiger charge is -2.11. The predicted octanol–water partition coefficient (Wildman–Crippen LogP) is 3.20. The van der Waals surface area contributed by atoms with Gasteiger partial charge in [0, 0.05) is 5.69 Å². The fraction of sp³-hybridized carbons (Fsp3) is 0.214. The normalized spacial score (nSPS) is 10.2. The van der Waals surface area contributed by atoms with Gasteiger partial charge in [0.15, 0.2) is 11.6 Å². The molecular formula is C14H13ClFN3O3. The molecule has 0 atom stereocenters. The molecule has 8 heteroatoms. The van der Waals surface area contributed by atoms with Crippen LogP contribution in [0.1, 0.15) is 17.3 Å². The van der Waals surface area contributed by atoms with E-state index in [9.17, 15) is 9.18 Å². The smallest absolute Gasteiger partial charge is 0.341 e. The highest BCUT2D eigenvalue weighted by Crippen LogP contribution is 2.26. The first-order valence-electron chi connectivity index (χ1n) is 6.35. The van der Waals surface area contributed by atoms with Crippen molar-refractivity contribution in [3.63, 3.8) is 0 Å². The second kappa shape index (κ2) is 7.04. The van der Waals surface area contributed by atoms with Gasteiger partial charge in [-0.25, -0.2) is 14.2 Å². The monoisotopic (exact) mass is 325 g/mol. The number of carbonyl (C=O) groups is 1. The van der Waals surface area contributed by atoms with Crippen molar-refractivity contribution in [1.82, 2.24) is 9.97 Å². The molecule has 0 aliphatic carbocycles. The third-order valence-corrected chi connectivity index (χ3v) is 2.85. The first kappa shape index (κ1) is 16.0. The summed E-state index contributed by atoms with van der Waals surface area (Å²) in [6, 6.07) is 4.65. The number of anilines is 2.